The molecule has 1 N–H and O–H groups in total. The Kier molecular flexibility index (Phi) is 3.63. The predicted octanol–water partition coefficient (Wildman–Crippen LogP) is 2.70. The fourth-order valence-corrected chi connectivity index (χ4v) is 3.91. The van der Waals surface area contributed by atoms with Crippen molar-refractivity contribution in [3.8, 4) is 0 Å². The zero-order valence-electron chi connectivity index (χ0n) is 10.5. The lowest BCUT2D eigenvalue weighted by molar-refractivity contribution is -0.134. The molecule has 0 radical (unpaired) electrons. The third-order valence-corrected chi connectivity index (χ3v) is 4.95. The van der Waals surface area contributed by atoms with Gasteiger partial charge in [-0.15, -0.1) is 5.10 Å². The summed E-state index contributed by atoms with van der Waals surface area (Å²) in [5.41, 5.74) is 0.781. The van der Waals surface area contributed by atoms with E-state index in [4.69, 9.17) is 4.74 Å². The van der Waals surface area contributed by atoms with Crippen LogP contribution in [0.5, 0.6) is 0 Å². The molecule has 0 bridgehead atoms. The summed E-state index contributed by atoms with van der Waals surface area (Å²) in [4.78, 5) is 0. The van der Waals surface area contributed by atoms with Crippen molar-refractivity contribution < 1.29 is 9.84 Å². The van der Waals surface area contributed by atoms with Crippen LogP contribution in [0.15, 0.2) is 5.38 Å². The van der Waals surface area contributed by atoms with Gasteiger partial charge in [0.15, 0.2) is 0 Å². The molecule has 2 unspecified atom stereocenters. The molecule has 0 aromatic carbocycles. The quantitative estimate of drug-likeness (QED) is 0.896. The number of aromatic nitrogens is 2. The Morgan fingerprint density at radius 1 is 1.39 bits per heavy atom. The highest BCUT2D eigenvalue weighted by Crippen LogP contribution is 2.43. The first kappa shape index (κ1) is 12.5. The fourth-order valence-electron chi connectivity index (χ4n) is 3.42. The first-order chi connectivity index (χ1) is 8.79. The van der Waals surface area contributed by atoms with E-state index in [2.05, 4.69) is 9.59 Å². The summed E-state index contributed by atoms with van der Waals surface area (Å²) in [5.74, 6) is 0.278. The van der Waals surface area contributed by atoms with Gasteiger partial charge in [0, 0.05) is 12.0 Å². The maximum Gasteiger partial charge on any atom is 0.104 e. The largest absolute Gasteiger partial charge is 0.386 e. The lowest BCUT2D eigenvalue weighted by Crippen LogP contribution is -2.42. The Labute approximate surface area is 112 Å². The van der Waals surface area contributed by atoms with Crippen LogP contribution in [0.4, 0.5) is 0 Å². The smallest absolute Gasteiger partial charge is 0.104 e. The van der Waals surface area contributed by atoms with Crippen LogP contribution in [0, 0.1) is 5.92 Å². The molecule has 2 heterocycles. The molecule has 2 aliphatic rings. The Bertz CT molecular complexity index is 371. The van der Waals surface area contributed by atoms with E-state index in [9.17, 15) is 5.11 Å². The van der Waals surface area contributed by atoms with Gasteiger partial charge in [-0.1, -0.05) is 23.8 Å². The zero-order valence-corrected chi connectivity index (χ0v) is 11.4. The normalized spacial score (nSPS) is 29.3. The third-order valence-electron chi connectivity index (χ3n) is 4.42. The predicted molar refractivity (Wildman–Crippen MR) is 69.4 cm³/mol. The van der Waals surface area contributed by atoms with E-state index < -0.39 is 6.10 Å². The lowest BCUT2D eigenvalue weighted by Gasteiger charge is -2.44. The number of ether oxygens (including phenoxy) is 1. The maximum absolute atomic E-state index is 10.4. The van der Waals surface area contributed by atoms with Crippen LogP contribution in [0.3, 0.4) is 0 Å². The van der Waals surface area contributed by atoms with Gasteiger partial charge in [0.2, 0.25) is 0 Å². The molecule has 100 valence electrons. The van der Waals surface area contributed by atoms with Crippen LogP contribution in [0.2, 0.25) is 0 Å². The Morgan fingerprint density at radius 2 is 2.22 bits per heavy atom. The van der Waals surface area contributed by atoms with Crippen LogP contribution in [0.1, 0.15) is 56.7 Å². The van der Waals surface area contributed by atoms with Crippen LogP contribution < -0.4 is 0 Å². The number of aliphatic hydroxyl groups is 1. The minimum absolute atomic E-state index is 0.0472. The average molecular weight is 268 g/mol. The zero-order chi connectivity index (χ0) is 12.4. The summed E-state index contributed by atoms with van der Waals surface area (Å²) in [5, 5.41) is 16.3. The first-order valence-electron chi connectivity index (χ1n) is 6.88. The van der Waals surface area contributed by atoms with E-state index in [0.717, 1.165) is 38.0 Å². The molecule has 5 heteroatoms. The molecule has 1 aliphatic heterocycles. The van der Waals surface area contributed by atoms with E-state index in [1.165, 1.54) is 30.8 Å². The van der Waals surface area contributed by atoms with E-state index >= 15 is 0 Å². The van der Waals surface area contributed by atoms with Gasteiger partial charge in [-0.3, -0.25) is 0 Å². The van der Waals surface area contributed by atoms with E-state index in [-0.39, 0.29) is 11.5 Å². The average Bonchev–Trinajstić information content (AvgIpc) is 2.93. The van der Waals surface area contributed by atoms with Crippen LogP contribution in [-0.4, -0.2) is 26.9 Å². The molecule has 18 heavy (non-hydrogen) atoms. The molecule has 2 atom stereocenters. The van der Waals surface area contributed by atoms with E-state index in [1.54, 1.807) is 0 Å². The molecule has 1 spiro atoms. The SMILES string of the molecule is OC(c1csnn1)C1CCOC2(CCCCC2)C1. The van der Waals surface area contributed by atoms with Gasteiger partial charge in [-0.25, -0.2) is 0 Å². The number of hydrogen-bond donors (Lipinski definition) is 1. The monoisotopic (exact) mass is 268 g/mol. The Balaban J connectivity index is 1.70. The minimum atomic E-state index is -0.466. The number of rotatable bonds is 2. The molecule has 3 rings (SSSR count). The van der Waals surface area contributed by atoms with Gasteiger partial charge in [-0.05, 0) is 43.1 Å². The number of aliphatic hydroxyl groups excluding tert-OH is 1. The second kappa shape index (κ2) is 5.23. The summed E-state index contributed by atoms with van der Waals surface area (Å²) in [6, 6.07) is 0. The lowest BCUT2D eigenvalue weighted by atomic mass is 9.74. The molecule has 1 saturated heterocycles. The summed E-state index contributed by atoms with van der Waals surface area (Å²) in [6.45, 7) is 0.777. The number of nitrogens with zero attached hydrogens (tertiary/aromatic N) is 2. The van der Waals surface area contributed by atoms with Crippen molar-refractivity contribution >= 4 is 11.5 Å². The van der Waals surface area contributed by atoms with Crippen molar-refractivity contribution in [3.63, 3.8) is 0 Å². The maximum atomic E-state index is 10.4. The van der Waals surface area contributed by atoms with Crippen molar-refractivity contribution in [3.05, 3.63) is 11.1 Å². The highest BCUT2D eigenvalue weighted by Gasteiger charge is 2.41. The van der Waals surface area contributed by atoms with Gasteiger partial charge in [0.05, 0.1) is 5.60 Å². The Hall–Kier alpha value is -0.520. The highest BCUT2D eigenvalue weighted by atomic mass is 32.1. The van der Waals surface area contributed by atoms with Gasteiger partial charge in [0.1, 0.15) is 11.8 Å². The highest BCUT2D eigenvalue weighted by molar-refractivity contribution is 7.03. The van der Waals surface area contributed by atoms with Gasteiger partial charge >= 0.3 is 0 Å². The fraction of sp³-hybridized carbons (Fsp3) is 0.846. The molecular formula is C13H20N2O2S. The topological polar surface area (TPSA) is 55.2 Å². The van der Waals surface area contributed by atoms with Crippen LogP contribution >= 0.6 is 11.5 Å². The van der Waals surface area contributed by atoms with Crippen LogP contribution in [-0.2, 0) is 4.74 Å². The summed E-state index contributed by atoms with van der Waals surface area (Å²) in [6.07, 6.45) is 7.62. The van der Waals surface area contributed by atoms with Gasteiger partial charge < -0.3 is 9.84 Å². The van der Waals surface area contributed by atoms with Gasteiger partial charge in [0.25, 0.3) is 0 Å². The molecule has 0 amide bonds. The third kappa shape index (κ3) is 2.44. The van der Waals surface area contributed by atoms with E-state index in [0.29, 0.717) is 0 Å². The molecular weight excluding hydrogens is 248 g/mol. The van der Waals surface area contributed by atoms with E-state index in [1.807, 2.05) is 5.38 Å². The standard InChI is InChI=1S/C13H20N2O2S/c16-12(11-9-18-15-14-11)10-4-7-17-13(8-10)5-2-1-3-6-13/h9-10,12,16H,1-8H2. The first-order valence-corrected chi connectivity index (χ1v) is 7.72. The molecule has 1 aliphatic carbocycles. The molecule has 4 nitrogen and oxygen atoms in total. The summed E-state index contributed by atoms with van der Waals surface area (Å²) < 4.78 is 9.90. The van der Waals surface area contributed by atoms with Crippen molar-refractivity contribution in [1.29, 1.82) is 0 Å². The van der Waals surface area contributed by atoms with Crippen molar-refractivity contribution in [1.82, 2.24) is 9.59 Å². The Morgan fingerprint density at radius 3 is 2.94 bits per heavy atom. The molecule has 1 aromatic rings. The minimum Gasteiger partial charge on any atom is -0.386 e. The van der Waals surface area contributed by atoms with Crippen molar-refractivity contribution in [2.45, 2.75) is 56.7 Å². The molecule has 2 fully saturated rings. The number of hydrogen-bond acceptors (Lipinski definition) is 5. The van der Waals surface area contributed by atoms with Gasteiger partial charge in [-0.2, -0.15) is 0 Å². The second-order valence-electron chi connectivity index (χ2n) is 5.62. The van der Waals surface area contributed by atoms with Crippen molar-refractivity contribution in [2.75, 3.05) is 6.61 Å². The van der Waals surface area contributed by atoms with Crippen LogP contribution in [0.25, 0.3) is 0 Å². The molecule has 1 saturated carbocycles. The van der Waals surface area contributed by atoms with Crippen molar-refractivity contribution in [2.24, 2.45) is 5.92 Å². The summed E-state index contributed by atoms with van der Waals surface area (Å²) >= 11 is 1.31. The summed E-state index contributed by atoms with van der Waals surface area (Å²) in [7, 11) is 0. The second-order valence-corrected chi connectivity index (χ2v) is 6.23. The molecule has 1 aromatic heterocycles.